The van der Waals surface area contributed by atoms with Crippen LogP contribution >= 0.6 is 23.1 Å². The van der Waals surface area contributed by atoms with Crippen molar-refractivity contribution in [3.63, 3.8) is 0 Å². The Balaban J connectivity index is 2.03. The van der Waals surface area contributed by atoms with Gasteiger partial charge >= 0.3 is 0 Å². The zero-order valence-corrected chi connectivity index (χ0v) is 14.1. The van der Waals surface area contributed by atoms with Crippen LogP contribution < -0.4 is 5.32 Å². The molecular weight excluding hydrogens is 304 g/mol. The molecule has 2 rings (SSSR count). The average Bonchev–Trinajstić information content (AvgIpc) is 3.13. The zero-order valence-electron chi connectivity index (χ0n) is 12.5. The SMILES string of the molecule is CC[C@H](C)NC(=O)CSc1nnc(-c2cccs2)n1CC. The van der Waals surface area contributed by atoms with Crippen molar-refractivity contribution in [3.8, 4) is 10.7 Å². The van der Waals surface area contributed by atoms with Gasteiger partial charge in [-0.05, 0) is 31.7 Å². The summed E-state index contributed by atoms with van der Waals surface area (Å²) in [6.45, 7) is 6.91. The highest BCUT2D eigenvalue weighted by Gasteiger charge is 2.15. The summed E-state index contributed by atoms with van der Waals surface area (Å²) < 4.78 is 2.05. The lowest BCUT2D eigenvalue weighted by molar-refractivity contribution is -0.119. The molecule has 2 heterocycles. The largest absolute Gasteiger partial charge is 0.353 e. The topological polar surface area (TPSA) is 59.8 Å². The van der Waals surface area contributed by atoms with Crippen molar-refractivity contribution >= 4 is 29.0 Å². The van der Waals surface area contributed by atoms with E-state index in [4.69, 9.17) is 0 Å². The van der Waals surface area contributed by atoms with Gasteiger partial charge in [0.1, 0.15) is 0 Å². The van der Waals surface area contributed by atoms with E-state index in [0.717, 1.165) is 28.8 Å². The maximum absolute atomic E-state index is 11.8. The van der Waals surface area contributed by atoms with E-state index in [2.05, 4.69) is 29.4 Å². The molecule has 0 bridgehead atoms. The molecule has 2 aromatic rings. The van der Waals surface area contributed by atoms with E-state index in [1.165, 1.54) is 11.8 Å². The Morgan fingerprint density at radius 2 is 2.29 bits per heavy atom. The van der Waals surface area contributed by atoms with E-state index in [0.29, 0.717) is 5.75 Å². The Hall–Kier alpha value is -1.34. The van der Waals surface area contributed by atoms with Crippen molar-refractivity contribution in [1.29, 1.82) is 0 Å². The van der Waals surface area contributed by atoms with Crippen LogP contribution in [-0.4, -0.2) is 32.5 Å². The van der Waals surface area contributed by atoms with Crippen LogP contribution in [0, 0.1) is 0 Å². The highest BCUT2D eigenvalue weighted by atomic mass is 32.2. The van der Waals surface area contributed by atoms with Crippen LogP contribution in [0.2, 0.25) is 0 Å². The minimum absolute atomic E-state index is 0.0395. The lowest BCUT2D eigenvalue weighted by atomic mass is 10.3. The minimum atomic E-state index is 0.0395. The molecule has 0 unspecified atom stereocenters. The second kappa shape index (κ2) is 7.61. The molecule has 0 aliphatic heterocycles. The number of amides is 1. The van der Waals surface area contributed by atoms with Gasteiger partial charge in [-0.25, -0.2) is 0 Å². The van der Waals surface area contributed by atoms with E-state index in [-0.39, 0.29) is 11.9 Å². The molecule has 1 N–H and O–H groups in total. The molecule has 5 nitrogen and oxygen atoms in total. The average molecular weight is 324 g/mol. The van der Waals surface area contributed by atoms with E-state index in [1.807, 2.05) is 29.0 Å². The molecule has 1 atom stereocenters. The van der Waals surface area contributed by atoms with Crippen LogP contribution in [0.5, 0.6) is 0 Å². The molecule has 0 fully saturated rings. The van der Waals surface area contributed by atoms with Gasteiger partial charge in [0, 0.05) is 12.6 Å². The van der Waals surface area contributed by atoms with Crippen LogP contribution in [0.4, 0.5) is 0 Å². The predicted molar refractivity (Wildman–Crippen MR) is 87.6 cm³/mol. The molecule has 0 aromatic carbocycles. The molecule has 21 heavy (non-hydrogen) atoms. The Labute approximate surface area is 133 Å². The van der Waals surface area contributed by atoms with Gasteiger partial charge in [-0.2, -0.15) is 0 Å². The zero-order chi connectivity index (χ0) is 15.2. The van der Waals surface area contributed by atoms with Crippen molar-refractivity contribution in [3.05, 3.63) is 17.5 Å². The quantitative estimate of drug-likeness (QED) is 0.795. The van der Waals surface area contributed by atoms with E-state index in [1.54, 1.807) is 11.3 Å². The van der Waals surface area contributed by atoms with E-state index >= 15 is 0 Å². The highest BCUT2D eigenvalue weighted by Crippen LogP contribution is 2.26. The van der Waals surface area contributed by atoms with Crippen LogP contribution in [-0.2, 0) is 11.3 Å². The van der Waals surface area contributed by atoms with Crippen molar-refractivity contribution in [2.75, 3.05) is 5.75 Å². The standard InChI is InChI=1S/C14H20N4OS2/c1-4-10(3)15-12(19)9-21-14-17-16-13(18(14)5-2)11-7-6-8-20-11/h6-8,10H,4-5,9H2,1-3H3,(H,15,19)/t10-/m0/s1. The fourth-order valence-corrected chi connectivity index (χ4v) is 3.35. The molecule has 1 amide bonds. The van der Waals surface area contributed by atoms with E-state index in [9.17, 15) is 4.79 Å². The molecule has 2 aromatic heterocycles. The summed E-state index contributed by atoms with van der Waals surface area (Å²) in [7, 11) is 0. The van der Waals surface area contributed by atoms with Crippen LogP contribution in [0.1, 0.15) is 27.2 Å². The summed E-state index contributed by atoms with van der Waals surface area (Å²) in [5, 5.41) is 14.2. The van der Waals surface area contributed by atoms with Gasteiger partial charge in [-0.15, -0.1) is 21.5 Å². The van der Waals surface area contributed by atoms with Crippen LogP contribution in [0.25, 0.3) is 10.7 Å². The molecule has 0 aliphatic rings. The number of hydrogen-bond acceptors (Lipinski definition) is 5. The predicted octanol–water partition coefficient (Wildman–Crippen LogP) is 3.03. The summed E-state index contributed by atoms with van der Waals surface area (Å²) in [4.78, 5) is 12.9. The van der Waals surface area contributed by atoms with Crippen LogP contribution in [0.15, 0.2) is 22.7 Å². The Morgan fingerprint density at radius 1 is 1.48 bits per heavy atom. The smallest absolute Gasteiger partial charge is 0.230 e. The first kappa shape index (κ1) is 16.0. The summed E-state index contributed by atoms with van der Waals surface area (Å²) in [6.07, 6.45) is 0.935. The summed E-state index contributed by atoms with van der Waals surface area (Å²) in [5.74, 6) is 1.28. The monoisotopic (exact) mass is 324 g/mol. The van der Waals surface area contributed by atoms with Gasteiger partial charge in [0.15, 0.2) is 11.0 Å². The number of thioether (sulfide) groups is 1. The van der Waals surface area contributed by atoms with Crippen molar-refractivity contribution in [2.45, 2.75) is 44.9 Å². The Morgan fingerprint density at radius 3 is 2.90 bits per heavy atom. The van der Waals surface area contributed by atoms with Crippen molar-refractivity contribution in [1.82, 2.24) is 20.1 Å². The van der Waals surface area contributed by atoms with Gasteiger partial charge in [0.05, 0.1) is 10.6 Å². The first-order valence-corrected chi connectivity index (χ1v) is 8.91. The summed E-state index contributed by atoms with van der Waals surface area (Å²) >= 11 is 3.08. The lowest BCUT2D eigenvalue weighted by Gasteiger charge is -2.11. The maximum Gasteiger partial charge on any atom is 0.230 e. The van der Waals surface area contributed by atoms with E-state index < -0.39 is 0 Å². The summed E-state index contributed by atoms with van der Waals surface area (Å²) in [5.41, 5.74) is 0. The molecule has 114 valence electrons. The van der Waals surface area contributed by atoms with Gasteiger partial charge in [0.25, 0.3) is 0 Å². The summed E-state index contributed by atoms with van der Waals surface area (Å²) in [6, 6.07) is 4.25. The Kier molecular flexibility index (Phi) is 5.81. The van der Waals surface area contributed by atoms with Gasteiger partial charge in [-0.3, -0.25) is 4.79 Å². The highest BCUT2D eigenvalue weighted by molar-refractivity contribution is 7.99. The van der Waals surface area contributed by atoms with Crippen molar-refractivity contribution < 1.29 is 4.79 Å². The number of carbonyl (C=O) groups excluding carboxylic acids is 1. The number of rotatable bonds is 7. The number of aromatic nitrogens is 3. The third kappa shape index (κ3) is 4.07. The molecule has 0 saturated heterocycles. The fraction of sp³-hybridized carbons (Fsp3) is 0.500. The first-order chi connectivity index (χ1) is 10.2. The third-order valence-corrected chi connectivity index (χ3v) is 4.96. The number of thiophene rings is 1. The number of nitrogens with one attached hydrogen (secondary N) is 1. The van der Waals surface area contributed by atoms with Crippen LogP contribution in [0.3, 0.4) is 0 Å². The Bertz CT molecular complexity index is 580. The third-order valence-electron chi connectivity index (χ3n) is 3.13. The first-order valence-electron chi connectivity index (χ1n) is 7.04. The fourth-order valence-electron chi connectivity index (χ4n) is 1.82. The molecule has 0 spiro atoms. The second-order valence-corrected chi connectivity index (χ2v) is 6.58. The lowest BCUT2D eigenvalue weighted by Crippen LogP contribution is -2.33. The molecule has 7 heteroatoms. The number of nitrogens with zero attached hydrogens (tertiary/aromatic N) is 3. The number of hydrogen-bond donors (Lipinski definition) is 1. The van der Waals surface area contributed by atoms with Gasteiger partial charge in [-0.1, -0.05) is 24.8 Å². The maximum atomic E-state index is 11.8. The molecule has 0 saturated carbocycles. The minimum Gasteiger partial charge on any atom is -0.353 e. The second-order valence-electron chi connectivity index (χ2n) is 4.69. The number of carbonyl (C=O) groups is 1. The molecule has 0 radical (unpaired) electrons. The molecular formula is C14H20N4OS2. The van der Waals surface area contributed by atoms with Gasteiger partial charge < -0.3 is 9.88 Å². The van der Waals surface area contributed by atoms with Crippen molar-refractivity contribution in [2.24, 2.45) is 0 Å². The normalized spacial score (nSPS) is 12.3. The van der Waals surface area contributed by atoms with Gasteiger partial charge in [0.2, 0.25) is 5.91 Å². The molecule has 0 aliphatic carbocycles.